The molecule has 1 atom stereocenters. The van der Waals surface area contributed by atoms with Gasteiger partial charge in [-0.1, -0.05) is 0 Å². The fraction of sp³-hybridized carbons (Fsp3) is 0.400. The first-order valence-electron chi connectivity index (χ1n) is 4.72. The maximum atomic E-state index is 11.5. The van der Waals surface area contributed by atoms with Crippen LogP contribution >= 0.6 is 0 Å². The highest BCUT2D eigenvalue weighted by Crippen LogP contribution is 2.15. The maximum Gasteiger partial charge on any atom is 0.239 e. The van der Waals surface area contributed by atoms with Gasteiger partial charge in [-0.2, -0.15) is 5.26 Å². The van der Waals surface area contributed by atoms with Gasteiger partial charge < -0.3 is 15.1 Å². The summed E-state index contributed by atoms with van der Waals surface area (Å²) in [5.74, 6) is 0.232. The number of likely N-dealkylation sites (tertiary alicyclic amines) is 1. The lowest BCUT2D eigenvalue weighted by Gasteiger charge is -2.13. The van der Waals surface area contributed by atoms with Gasteiger partial charge in [-0.3, -0.25) is 4.79 Å². The van der Waals surface area contributed by atoms with Crippen LogP contribution in [0.25, 0.3) is 0 Å². The van der Waals surface area contributed by atoms with Crippen LogP contribution in [-0.2, 0) is 11.3 Å². The van der Waals surface area contributed by atoms with Crippen LogP contribution in [0, 0.1) is 11.3 Å². The SMILES string of the molecule is N#Cc1cc(CN2CCC(N)C2=O)co1. The number of nitriles is 1. The molecule has 1 aliphatic rings. The third-order valence-corrected chi connectivity index (χ3v) is 2.48. The number of hydrogen-bond acceptors (Lipinski definition) is 4. The van der Waals surface area contributed by atoms with Gasteiger partial charge in [0.05, 0.1) is 12.3 Å². The number of carbonyl (C=O) groups excluding carboxylic acids is 1. The van der Waals surface area contributed by atoms with E-state index in [1.165, 1.54) is 6.26 Å². The summed E-state index contributed by atoms with van der Waals surface area (Å²) in [4.78, 5) is 13.2. The summed E-state index contributed by atoms with van der Waals surface area (Å²) >= 11 is 0. The Morgan fingerprint density at radius 2 is 2.53 bits per heavy atom. The Bertz CT molecular complexity index is 419. The first kappa shape index (κ1) is 9.74. The Kier molecular flexibility index (Phi) is 2.44. The number of nitrogens with zero attached hydrogens (tertiary/aromatic N) is 2. The second-order valence-corrected chi connectivity index (χ2v) is 3.59. The number of nitrogens with two attached hydrogens (primary N) is 1. The number of furan rings is 1. The van der Waals surface area contributed by atoms with E-state index in [1.807, 2.05) is 6.07 Å². The summed E-state index contributed by atoms with van der Waals surface area (Å²) < 4.78 is 4.96. The zero-order valence-electron chi connectivity index (χ0n) is 8.14. The third kappa shape index (κ3) is 1.85. The van der Waals surface area contributed by atoms with Crippen molar-refractivity contribution < 1.29 is 9.21 Å². The van der Waals surface area contributed by atoms with Crippen molar-refractivity contribution in [2.45, 2.75) is 19.0 Å². The molecule has 1 unspecified atom stereocenters. The van der Waals surface area contributed by atoms with Crippen molar-refractivity contribution in [2.24, 2.45) is 5.73 Å². The van der Waals surface area contributed by atoms with Crippen LogP contribution in [0.3, 0.4) is 0 Å². The van der Waals surface area contributed by atoms with Crippen molar-refractivity contribution in [3.05, 3.63) is 23.7 Å². The molecule has 0 aromatic carbocycles. The summed E-state index contributed by atoms with van der Waals surface area (Å²) in [6.07, 6.45) is 2.19. The van der Waals surface area contributed by atoms with Crippen LogP contribution in [0.4, 0.5) is 0 Å². The molecule has 2 heterocycles. The van der Waals surface area contributed by atoms with E-state index in [4.69, 9.17) is 15.4 Å². The summed E-state index contributed by atoms with van der Waals surface area (Å²) in [5, 5.41) is 8.56. The molecule has 2 N–H and O–H groups in total. The minimum Gasteiger partial charge on any atom is -0.454 e. The van der Waals surface area contributed by atoms with Gasteiger partial charge in [0.25, 0.3) is 0 Å². The second kappa shape index (κ2) is 3.75. The fourth-order valence-electron chi connectivity index (χ4n) is 1.66. The van der Waals surface area contributed by atoms with Crippen molar-refractivity contribution in [2.75, 3.05) is 6.54 Å². The summed E-state index contributed by atoms with van der Waals surface area (Å²) in [5.41, 5.74) is 6.41. The molecule has 0 radical (unpaired) electrons. The number of hydrogen-bond donors (Lipinski definition) is 1. The Balaban J connectivity index is 2.04. The van der Waals surface area contributed by atoms with Gasteiger partial charge in [0.1, 0.15) is 6.07 Å². The quantitative estimate of drug-likeness (QED) is 0.748. The van der Waals surface area contributed by atoms with Crippen LogP contribution in [-0.4, -0.2) is 23.4 Å². The predicted octanol–water partition coefficient (Wildman–Crippen LogP) is 0.211. The van der Waals surface area contributed by atoms with Crippen molar-refractivity contribution in [1.82, 2.24) is 4.90 Å². The molecule has 5 nitrogen and oxygen atoms in total. The lowest BCUT2D eigenvalue weighted by Crippen LogP contribution is -2.33. The zero-order valence-corrected chi connectivity index (χ0v) is 8.14. The monoisotopic (exact) mass is 205 g/mol. The summed E-state index contributed by atoms with van der Waals surface area (Å²) in [6, 6.07) is 3.17. The predicted molar refractivity (Wildman–Crippen MR) is 51.4 cm³/mol. The van der Waals surface area contributed by atoms with E-state index in [0.717, 1.165) is 5.56 Å². The molecule has 1 aliphatic heterocycles. The van der Waals surface area contributed by atoms with Crippen LogP contribution in [0.5, 0.6) is 0 Å². The topological polar surface area (TPSA) is 83.3 Å². The zero-order chi connectivity index (χ0) is 10.8. The van der Waals surface area contributed by atoms with Crippen LogP contribution < -0.4 is 5.73 Å². The second-order valence-electron chi connectivity index (χ2n) is 3.59. The molecule has 1 aromatic rings. The molecule has 5 heteroatoms. The van der Waals surface area contributed by atoms with Gasteiger partial charge in [0, 0.05) is 18.7 Å². The molecule has 2 rings (SSSR count). The fourth-order valence-corrected chi connectivity index (χ4v) is 1.66. The summed E-state index contributed by atoms with van der Waals surface area (Å²) in [7, 11) is 0. The first-order chi connectivity index (χ1) is 7.20. The van der Waals surface area contributed by atoms with Crippen molar-refractivity contribution in [3.63, 3.8) is 0 Å². The van der Waals surface area contributed by atoms with Gasteiger partial charge in [0.2, 0.25) is 11.7 Å². The molecule has 1 aromatic heterocycles. The highest BCUT2D eigenvalue weighted by molar-refractivity contribution is 5.83. The van der Waals surface area contributed by atoms with Crippen molar-refractivity contribution in [1.29, 1.82) is 5.26 Å². The van der Waals surface area contributed by atoms with Crippen molar-refractivity contribution >= 4 is 5.91 Å². The van der Waals surface area contributed by atoms with Crippen molar-refractivity contribution in [3.8, 4) is 6.07 Å². The minimum absolute atomic E-state index is 0.0327. The minimum atomic E-state index is -0.368. The number of amides is 1. The molecule has 78 valence electrons. The standard InChI is InChI=1S/C10H11N3O2/c11-4-8-3-7(6-15-8)5-13-2-1-9(12)10(13)14/h3,6,9H,1-2,5,12H2. The Morgan fingerprint density at radius 1 is 1.73 bits per heavy atom. The largest absolute Gasteiger partial charge is 0.454 e. The van der Waals surface area contributed by atoms with Crippen LogP contribution in [0.15, 0.2) is 16.7 Å². The lowest BCUT2D eigenvalue weighted by atomic mass is 10.3. The van der Waals surface area contributed by atoms with Crippen LogP contribution in [0.2, 0.25) is 0 Å². The molecule has 0 saturated carbocycles. The Morgan fingerprint density at radius 3 is 3.07 bits per heavy atom. The molecule has 0 bridgehead atoms. The molecule has 1 fully saturated rings. The Hall–Kier alpha value is -1.80. The highest BCUT2D eigenvalue weighted by atomic mass is 16.3. The molecule has 0 aliphatic carbocycles. The van der Waals surface area contributed by atoms with Gasteiger partial charge in [-0.15, -0.1) is 0 Å². The molecular weight excluding hydrogens is 194 g/mol. The van der Waals surface area contributed by atoms with E-state index in [2.05, 4.69) is 0 Å². The van der Waals surface area contributed by atoms with Gasteiger partial charge >= 0.3 is 0 Å². The van der Waals surface area contributed by atoms with E-state index < -0.39 is 0 Å². The smallest absolute Gasteiger partial charge is 0.239 e. The van der Waals surface area contributed by atoms with E-state index in [9.17, 15) is 4.79 Å². The van der Waals surface area contributed by atoms with E-state index >= 15 is 0 Å². The van der Waals surface area contributed by atoms with E-state index in [0.29, 0.717) is 19.5 Å². The first-order valence-corrected chi connectivity index (χ1v) is 4.72. The normalized spacial score (nSPS) is 20.7. The number of carbonyl (C=O) groups is 1. The van der Waals surface area contributed by atoms with Gasteiger partial charge in [-0.25, -0.2) is 0 Å². The van der Waals surface area contributed by atoms with Crippen LogP contribution in [0.1, 0.15) is 17.7 Å². The average molecular weight is 205 g/mol. The molecule has 1 amide bonds. The molecule has 0 spiro atoms. The average Bonchev–Trinajstić information content (AvgIpc) is 2.80. The Labute approximate surface area is 87.1 Å². The highest BCUT2D eigenvalue weighted by Gasteiger charge is 2.28. The third-order valence-electron chi connectivity index (χ3n) is 2.48. The molecule has 15 heavy (non-hydrogen) atoms. The van der Waals surface area contributed by atoms with E-state index in [-0.39, 0.29) is 17.7 Å². The van der Waals surface area contributed by atoms with Gasteiger partial charge in [-0.05, 0) is 12.5 Å². The van der Waals surface area contributed by atoms with E-state index in [1.54, 1.807) is 11.0 Å². The lowest BCUT2D eigenvalue weighted by molar-refractivity contribution is -0.129. The number of rotatable bonds is 2. The molecular formula is C10H11N3O2. The van der Waals surface area contributed by atoms with Gasteiger partial charge in [0.15, 0.2) is 0 Å². The maximum absolute atomic E-state index is 11.5. The summed E-state index contributed by atoms with van der Waals surface area (Å²) in [6.45, 7) is 1.14. The molecule has 1 saturated heterocycles.